The quantitative estimate of drug-likeness (QED) is 0.282. The Bertz CT molecular complexity index is 1290. The highest BCUT2D eigenvalue weighted by Gasteiger charge is 2.34. The van der Waals surface area contributed by atoms with Crippen LogP contribution >= 0.6 is 11.8 Å². The minimum Gasteiger partial charge on any atom is -0.478 e. The molecule has 3 aromatic carbocycles. The number of aromatic carboxylic acids is 1. The zero-order valence-electron chi connectivity index (χ0n) is 19.7. The summed E-state index contributed by atoms with van der Waals surface area (Å²) < 4.78 is 0. The Hall–Kier alpha value is -4.11. The molecule has 1 aliphatic rings. The van der Waals surface area contributed by atoms with Gasteiger partial charge in [0.1, 0.15) is 0 Å². The predicted molar refractivity (Wildman–Crippen MR) is 142 cm³/mol. The van der Waals surface area contributed by atoms with Gasteiger partial charge in [0.05, 0.1) is 11.3 Å². The van der Waals surface area contributed by atoms with Crippen LogP contribution in [0.25, 0.3) is 0 Å². The van der Waals surface area contributed by atoms with Crippen molar-refractivity contribution >= 4 is 46.8 Å². The molecule has 0 unspecified atom stereocenters. The molecule has 0 aromatic heterocycles. The number of benzene rings is 3. The minimum atomic E-state index is -0.940. The summed E-state index contributed by atoms with van der Waals surface area (Å²) in [6.45, 7) is 2.56. The van der Waals surface area contributed by atoms with Crippen molar-refractivity contribution in [3.63, 3.8) is 0 Å². The summed E-state index contributed by atoms with van der Waals surface area (Å²) >= 11 is 1.63. The van der Waals surface area contributed by atoms with Gasteiger partial charge in [0.25, 0.3) is 5.91 Å². The van der Waals surface area contributed by atoms with Crippen LogP contribution in [-0.2, 0) is 11.2 Å². The molecule has 1 aliphatic heterocycles. The number of amides is 3. The maximum atomic E-state index is 13.1. The molecular formula is C27H26N4O4S. The maximum Gasteiger partial charge on any atom is 0.339 e. The normalized spacial score (nSPS) is 13.5. The lowest BCUT2D eigenvalue weighted by molar-refractivity contribution is -0.112. The molecule has 184 valence electrons. The van der Waals surface area contributed by atoms with Gasteiger partial charge in [-0.2, -0.15) is 5.10 Å². The highest BCUT2D eigenvalue weighted by atomic mass is 32.2. The molecule has 3 N–H and O–H groups in total. The van der Waals surface area contributed by atoms with Crippen molar-refractivity contribution in [1.29, 1.82) is 0 Å². The van der Waals surface area contributed by atoms with Gasteiger partial charge in [-0.25, -0.2) is 15.0 Å². The van der Waals surface area contributed by atoms with Crippen LogP contribution in [0.4, 0.5) is 16.2 Å². The standard InChI is InChI=1S/C27H26N4O4S/c1-2-15-31-23-13-12-21(36-16-14-18-8-10-19(11-9-18)26(33)34)17-22(23)24(25(31)32)29-30-27(35)28-20-6-4-3-5-7-20/h3-13,17H,2,14-16H2,1H3,(H,33,34)(H2,28,30,35)/b29-24+. The summed E-state index contributed by atoms with van der Waals surface area (Å²) in [5, 5.41) is 15.9. The largest absolute Gasteiger partial charge is 0.478 e. The van der Waals surface area contributed by atoms with Gasteiger partial charge in [-0.3, -0.25) is 4.79 Å². The Kier molecular flexibility index (Phi) is 8.02. The van der Waals surface area contributed by atoms with Gasteiger partial charge < -0.3 is 15.3 Å². The van der Waals surface area contributed by atoms with Gasteiger partial charge in [0.2, 0.25) is 0 Å². The zero-order valence-corrected chi connectivity index (χ0v) is 20.5. The number of carboxylic acid groups (broad SMARTS) is 1. The molecule has 0 radical (unpaired) electrons. The molecule has 3 amide bonds. The van der Waals surface area contributed by atoms with Gasteiger partial charge in [0.15, 0.2) is 5.71 Å². The van der Waals surface area contributed by atoms with Crippen molar-refractivity contribution in [3.8, 4) is 0 Å². The van der Waals surface area contributed by atoms with Crippen molar-refractivity contribution in [1.82, 2.24) is 5.43 Å². The number of hydrogen-bond donors (Lipinski definition) is 3. The molecule has 0 bridgehead atoms. The third-order valence-corrected chi connectivity index (χ3v) is 6.57. The third-order valence-electron chi connectivity index (χ3n) is 5.57. The zero-order chi connectivity index (χ0) is 25.5. The molecule has 0 aliphatic carbocycles. The molecule has 36 heavy (non-hydrogen) atoms. The van der Waals surface area contributed by atoms with Gasteiger partial charge in [-0.05, 0) is 60.9 Å². The van der Waals surface area contributed by atoms with Crippen molar-refractivity contribution in [3.05, 3.63) is 89.5 Å². The lowest BCUT2D eigenvalue weighted by Gasteiger charge is -2.15. The number of fused-ring (bicyclic) bond motifs is 1. The minimum absolute atomic E-state index is 0.202. The molecule has 0 saturated carbocycles. The van der Waals surface area contributed by atoms with Crippen LogP contribution in [0, 0.1) is 0 Å². The number of carbonyl (C=O) groups excluding carboxylic acids is 2. The Morgan fingerprint density at radius 2 is 1.78 bits per heavy atom. The molecule has 3 aromatic rings. The molecular weight excluding hydrogens is 476 g/mol. The van der Waals surface area contributed by atoms with Gasteiger partial charge in [-0.15, -0.1) is 11.8 Å². The van der Waals surface area contributed by atoms with E-state index in [9.17, 15) is 14.4 Å². The van der Waals surface area contributed by atoms with Crippen LogP contribution in [0.2, 0.25) is 0 Å². The second-order valence-corrected chi connectivity index (χ2v) is 9.30. The van der Waals surface area contributed by atoms with Crippen molar-refractivity contribution in [2.45, 2.75) is 24.7 Å². The fourth-order valence-electron chi connectivity index (χ4n) is 3.82. The van der Waals surface area contributed by atoms with Crippen LogP contribution in [-0.4, -0.2) is 41.0 Å². The third kappa shape index (κ3) is 5.92. The number of anilines is 2. The number of nitrogens with one attached hydrogen (secondary N) is 2. The SMILES string of the molecule is CCCN1C(=O)/C(=N/NC(=O)Nc2ccccc2)c2cc(SCCc3ccc(C(=O)O)cc3)ccc21. The predicted octanol–water partition coefficient (Wildman–Crippen LogP) is 5.00. The lowest BCUT2D eigenvalue weighted by Crippen LogP contribution is -2.33. The Balaban J connectivity index is 1.46. The van der Waals surface area contributed by atoms with E-state index in [2.05, 4.69) is 15.8 Å². The van der Waals surface area contributed by atoms with Gasteiger partial charge in [-0.1, -0.05) is 37.3 Å². The topological polar surface area (TPSA) is 111 Å². The van der Waals surface area contributed by atoms with E-state index in [1.807, 2.05) is 55.5 Å². The number of hydrazone groups is 1. The summed E-state index contributed by atoms with van der Waals surface area (Å²) in [6.07, 6.45) is 1.56. The maximum absolute atomic E-state index is 13.1. The van der Waals surface area contributed by atoms with E-state index < -0.39 is 12.0 Å². The average Bonchev–Trinajstić information content (AvgIpc) is 3.14. The monoisotopic (exact) mass is 502 g/mol. The Morgan fingerprint density at radius 1 is 1.03 bits per heavy atom. The summed E-state index contributed by atoms with van der Waals surface area (Å²) in [5.41, 5.74) is 6.05. The molecule has 8 nitrogen and oxygen atoms in total. The number of rotatable bonds is 9. The van der Waals surface area contributed by atoms with E-state index >= 15 is 0 Å². The second-order valence-electron chi connectivity index (χ2n) is 8.13. The number of para-hydroxylation sites is 1. The number of nitrogens with zero attached hydrogens (tertiary/aromatic N) is 2. The smallest absolute Gasteiger partial charge is 0.339 e. The van der Waals surface area contributed by atoms with Crippen molar-refractivity contribution in [2.75, 3.05) is 22.5 Å². The summed E-state index contributed by atoms with van der Waals surface area (Å²) in [5.74, 6) is -0.403. The number of urea groups is 1. The Morgan fingerprint density at radius 3 is 2.47 bits per heavy atom. The van der Waals surface area contributed by atoms with Crippen LogP contribution in [0.1, 0.15) is 34.8 Å². The molecule has 0 saturated heterocycles. The summed E-state index contributed by atoms with van der Waals surface area (Å²) in [4.78, 5) is 39.1. The number of carboxylic acids is 1. The first-order chi connectivity index (χ1) is 17.5. The first-order valence-electron chi connectivity index (χ1n) is 11.6. The molecule has 0 fully saturated rings. The van der Waals surface area contributed by atoms with E-state index in [-0.39, 0.29) is 17.2 Å². The molecule has 9 heteroatoms. The second kappa shape index (κ2) is 11.5. The van der Waals surface area contributed by atoms with E-state index in [0.29, 0.717) is 17.8 Å². The lowest BCUT2D eigenvalue weighted by atomic mass is 10.1. The Labute approximate surface area is 213 Å². The molecule has 1 heterocycles. The van der Waals surface area contributed by atoms with Crippen LogP contribution < -0.4 is 15.6 Å². The highest BCUT2D eigenvalue weighted by Crippen LogP contribution is 2.33. The fourth-order valence-corrected chi connectivity index (χ4v) is 4.76. The van der Waals surface area contributed by atoms with E-state index in [4.69, 9.17) is 5.11 Å². The van der Waals surface area contributed by atoms with Gasteiger partial charge >= 0.3 is 12.0 Å². The molecule has 0 atom stereocenters. The van der Waals surface area contributed by atoms with Crippen LogP contribution in [0.3, 0.4) is 0 Å². The number of carbonyl (C=O) groups is 3. The number of hydrogen-bond acceptors (Lipinski definition) is 5. The average molecular weight is 503 g/mol. The molecule has 4 rings (SSSR count). The van der Waals surface area contributed by atoms with Crippen molar-refractivity contribution in [2.24, 2.45) is 5.10 Å². The van der Waals surface area contributed by atoms with E-state index in [1.165, 1.54) is 0 Å². The summed E-state index contributed by atoms with van der Waals surface area (Å²) in [7, 11) is 0. The fraction of sp³-hybridized carbons (Fsp3) is 0.185. The van der Waals surface area contributed by atoms with Gasteiger partial charge in [0, 0.05) is 28.4 Å². The van der Waals surface area contributed by atoms with E-state index in [1.54, 1.807) is 40.9 Å². The van der Waals surface area contributed by atoms with Crippen LogP contribution in [0.5, 0.6) is 0 Å². The summed E-state index contributed by atoms with van der Waals surface area (Å²) in [6, 6.07) is 21.1. The van der Waals surface area contributed by atoms with E-state index in [0.717, 1.165) is 34.7 Å². The number of aryl methyl sites for hydroxylation is 1. The van der Waals surface area contributed by atoms with Crippen LogP contribution in [0.15, 0.2) is 82.8 Å². The molecule has 0 spiro atoms. The first-order valence-corrected chi connectivity index (χ1v) is 12.6. The number of thioether (sulfide) groups is 1. The van der Waals surface area contributed by atoms with Crippen molar-refractivity contribution < 1.29 is 19.5 Å². The highest BCUT2D eigenvalue weighted by molar-refractivity contribution is 7.99. The first kappa shape index (κ1) is 25.0.